The van der Waals surface area contributed by atoms with Gasteiger partial charge in [-0.3, -0.25) is 0 Å². The molecule has 19 heavy (non-hydrogen) atoms. The fourth-order valence-corrected chi connectivity index (χ4v) is 3.30. The van der Waals surface area contributed by atoms with Crippen LogP contribution in [0.5, 0.6) is 0 Å². The molecule has 2 heteroatoms. The molecule has 0 bridgehead atoms. The van der Waals surface area contributed by atoms with E-state index in [1.54, 1.807) is 5.57 Å². The third kappa shape index (κ3) is 4.32. The van der Waals surface area contributed by atoms with E-state index in [0.29, 0.717) is 0 Å². The second kappa shape index (κ2) is 6.90. The summed E-state index contributed by atoms with van der Waals surface area (Å²) < 4.78 is 6.01. The summed E-state index contributed by atoms with van der Waals surface area (Å²) in [6, 6.07) is 0. The monoisotopic (exact) mass is 265 g/mol. The van der Waals surface area contributed by atoms with Crippen molar-refractivity contribution in [2.24, 2.45) is 11.8 Å². The smallest absolute Gasteiger partial charge is 0.0688 e. The summed E-state index contributed by atoms with van der Waals surface area (Å²) in [6.45, 7) is 10.1. The van der Waals surface area contributed by atoms with Gasteiger partial charge in [-0.15, -0.1) is 0 Å². The van der Waals surface area contributed by atoms with Gasteiger partial charge in [-0.05, 0) is 70.4 Å². The van der Waals surface area contributed by atoms with Crippen LogP contribution in [0.15, 0.2) is 11.6 Å². The molecule has 1 heterocycles. The Labute approximate surface area is 119 Å². The van der Waals surface area contributed by atoms with Crippen LogP contribution in [0.4, 0.5) is 0 Å². The zero-order valence-corrected chi connectivity index (χ0v) is 13.0. The molecule has 110 valence electrons. The van der Waals surface area contributed by atoms with Crippen molar-refractivity contribution in [2.75, 3.05) is 19.7 Å². The molecule has 2 fully saturated rings. The summed E-state index contributed by atoms with van der Waals surface area (Å²) in [5, 5.41) is 3.51. The average Bonchev–Trinajstić information content (AvgIpc) is 2.36. The molecule has 1 unspecified atom stereocenters. The first kappa shape index (κ1) is 15.1. The van der Waals surface area contributed by atoms with Crippen LogP contribution in [0.25, 0.3) is 0 Å². The van der Waals surface area contributed by atoms with E-state index in [4.69, 9.17) is 4.74 Å². The SMILES string of the molecule is CC(=CCCNCC(C)C)C1CCOC2(CCC2)C1. The first-order valence-electron chi connectivity index (χ1n) is 8.13. The standard InChI is InChI=1S/C17H31NO/c1-14(2)13-18-10-4-6-15(3)16-7-11-19-17(12-16)8-5-9-17/h6,14,16,18H,4-5,7-13H2,1-3H3. The van der Waals surface area contributed by atoms with Crippen LogP contribution in [0.1, 0.15) is 59.3 Å². The summed E-state index contributed by atoms with van der Waals surface area (Å²) in [4.78, 5) is 0. The Balaban J connectivity index is 1.70. The third-order valence-electron chi connectivity index (χ3n) is 4.74. The molecule has 0 aromatic rings. The lowest BCUT2D eigenvalue weighted by Crippen LogP contribution is -2.45. The number of hydrogen-bond donors (Lipinski definition) is 1. The molecule has 2 rings (SSSR count). The minimum atomic E-state index is 0.286. The molecule has 1 aliphatic heterocycles. The van der Waals surface area contributed by atoms with Crippen molar-refractivity contribution in [1.82, 2.24) is 5.32 Å². The van der Waals surface area contributed by atoms with E-state index in [0.717, 1.165) is 31.5 Å². The number of ether oxygens (including phenoxy) is 1. The van der Waals surface area contributed by atoms with Gasteiger partial charge in [0.2, 0.25) is 0 Å². The van der Waals surface area contributed by atoms with Gasteiger partial charge in [-0.2, -0.15) is 0 Å². The van der Waals surface area contributed by atoms with E-state index < -0.39 is 0 Å². The fourth-order valence-electron chi connectivity index (χ4n) is 3.30. The van der Waals surface area contributed by atoms with Crippen molar-refractivity contribution >= 4 is 0 Å². The van der Waals surface area contributed by atoms with Gasteiger partial charge in [0.25, 0.3) is 0 Å². The van der Waals surface area contributed by atoms with Crippen LogP contribution in [-0.4, -0.2) is 25.3 Å². The summed E-state index contributed by atoms with van der Waals surface area (Å²) in [5.41, 5.74) is 1.88. The van der Waals surface area contributed by atoms with E-state index in [1.807, 2.05) is 0 Å². The van der Waals surface area contributed by atoms with Crippen LogP contribution in [0.3, 0.4) is 0 Å². The second-order valence-electron chi connectivity index (χ2n) is 6.91. The molecular weight excluding hydrogens is 234 g/mol. The first-order valence-corrected chi connectivity index (χ1v) is 8.13. The normalized spacial score (nSPS) is 26.7. The molecule has 2 aliphatic rings. The third-order valence-corrected chi connectivity index (χ3v) is 4.74. The Morgan fingerprint density at radius 1 is 1.42 bits per heavy atom. The maximum atomic E-state index is 6.01. The highest BCUT2D eigenvalue weighted by Gasteiger charge is 2.42. The second-order valence-corrected chi connectivity index (χ2v) is 6.91. The highest BCUT2D eigenvalue weighted by atomic mass is 16.5. The van der Waals surface area contributed by atoms with E-state index in [2.05, 4.69) is 32.2 Å². The summed E-state index contributed by atoms with van der Waals surface area (Å²) >= 11 is 0. The van der Waals surface area contributed by atoms with Crippen molar-refractivity contribution in [3.63, 3.8) is 0 Å². The molecule has 2 nitrogen and oxygen atoms in total. The van der Waals surface area contributed by atoms with Gasteiger partial charge in [0.15, 0.2) is 0 Å². The van der Waals surface area contributed by atoms with Crippen LogP contribution in [-0.2, 0) is 4.74 Å². The lowest BCUT2D eigenvalue weighted by atomic mass is 9.70. The van der Waals surface area contributed by atoms with Crippen molar-refractivity contribution in [1.29, 1.82) is 0 Å². The fraction of sp³-hybridized carbons (Fsp3) is 0.882. The van der Waals surface area contributed by atoms with Gasteiger partial charge in [0.05, 0.1) is 5.60 Å². The van der Waals surface area contributed by atoms with Crippen molar-refractivity contribution in [2.45, 2.75) is 64.9 Å². The largest absolute Gasteiger partial charge is 0.375 e. The summed E-state index contributed by atoms with van der Waals surface area (Å²) in [6.07, 6.45) is 10.1. The quantitative estimate of drug-likeness (QED) is 0.580. The first-order chi connectivity index (χ1) is 9.11. The van der Waals surface area contributed by atoms with E-state index in [9.17, 15) is 0 Å². The van der Waals surface area contributed by atoms with Crippen molar-refractivity contribution in [3.05, 3.63) is 11.6 Å². The molecule has 1 atom stereocenters. The highest BCUT2D eigenvalue weighted by molar-refractivity contribution is 5.08. The van der Waals surface area contributed by atoms with Crippen LogP contribution in [0, 0.1) is 11.8 Å². The summed E-state index contributed by atoms with van der Waals surface area (Å²) in [7, 11) is 0. The Hall–Kier alpha value is -0.340. The van der Waals surface area contributed by atoms with Crippen LogP contribution < -0.4 is 5.32 Å². The number of allylic oxidation sites excluding steroid dienone is 1. The summed E-state index contributed by atoms with van der Waals surface area (Å²) in [5.74, 6) is 1.53. The molecule has 1 spiro atoms. The molecule has 1 aliphatic carbocycles. The van der Waals surface area contributed by atoms with Gasteiger partial charge in [-0.1, -0.05) is 25.5 Å². The van der Waals surface area contributed by atoms with Crippen molar-refractivity contribution < 1.29 is 4.74 Å². The Morgan fingerprint density at radius 2 is 2.21 bits per heavy atom. The van der Waals surface area contributed by atoms with Gasteiger partial charge in [0, 0.05) is 6.61 Å². The molecule has 0 aromatic heterocycles. The predicted molar refractivity (Wildman–Crippen MR) is 81.3 cm³/mol. The van der Waals surface area contributed by atoms with E-state index >= 15 is 0 Å². The molecule has 1 saturated carbocycles. The molecule has 0 amide bonds. The maximum Gasteiger partial charge on any atom is 0.0688 e. The Bertz CT molecular complexity index is 304. The lowest BCUT2D eigenvalue weighted by molar-refractivity contribution is -0.138. The maximum absolute atomic E-state index is 6.01. The zero-order chi connectivity index (χ0) is 13.7. The lowest BCUT2D eigenvalue weighted by Gasteiger charge is -2.47. The van der Waals surface area contributed by atoms with Crippen molar-refractivity contribution in [3.8, 4) is 0 Å². The number of nitrogens with one attached hydrogen (secondary N) is 1. The molecule has 1 saturated heterocycles. The topological polar surface area (TPSA) is 21.3 Å². The molecular formula is C17H31NO. The van der Waals surface area contributed by atoms with E-state index in [-0.39, 0.29) is 5.60 Å². The van der Waals surface area contributed by atoms with Gasteiger partial charge in [-0.25, -0.2) is 0 Å². The Morgan fingerprint density at radius 3 is 2.84 bits per heavy atom. The minimum Gasteiger partial charge on any atom is -0.375 e. The molecule has 0 aromatic carbocycles. The minimum absolute atomic E-state index is 0.286. The van der Waals surface area contributed by atoms with Gasteiger partial charge >= 0.3 is 0 Å². The van der Waals surface area contributed by atoms with E-state index in [1.165, 1.54) is 38.5 Å². The Kier molecular flexibility index (Phi) is 5.47. The molecule has 1 N–H and O–H groups in total. The van der Waals surface area contributed by atoms with Crippen LogP contribution >= 0.6 is 0 Å². The highest BCUT2D eigenvalue weighted by Crippen LogP contribution is 2.45. The van der Waals surface area contributed by atoms with Crippen LogP contribution in [0.2, 0.25) is 0 Å². The number of hydrogen-bond acceptors (Lipinski definition) is 2. The van der Waals surface area contributed by atoms with Gasteiger partial charge in [0.1, 0.15) is 0 Å². The number of rotatable bonds is 6. The molecule has 0 radical (unpaired) electrons. The average molecular weight is 265 g/mol. The predicted octanol–water partition coefficient (Wildman–Crippen LogP) is 3.92. The van der Waals surface area contributed by atoms with Gasteiger partial charge < -0.3 is 10.1 Å². The zero-order valence-electron chi connectivity index (χ0n) is 13.0.